The normalized spacial score (nSPS) is 18.8. The number of carbonyl (C=O) groups is 1. The topological polar surface area (TPSA) is 136 Å². The summed E-state index contributed by atoms with van der Waals surface area (Å²) in [5.74, 6) is -0.498. The number of aromatic nitrogens is 3. The second-order valence-electron chi connectivity index (χ2n) is 11.3. The van der Waals surface area contributed by atoms with E-state index in [0.717, 1.165) is 22.0 Å². The van der Waals surface area contributed by atoms with Crippen molar-refractivity contribution in [3.05, 3.63) is 66.2 Å². The van der Waals surface area contributed by atoms with Gasteiger partial charge >= 0.3 is 12.1 Å². The van der Waals surface area contributed by atoms with E-state index in [0.29, 0.717) is 50.6 Å². The van der Waals surface area contributed by atoms with Crippen molar-refractivity contribution in [3.8, 4) is 22.9 Å². The minimum absolute atomic E-state index is 0.0891. The van der Waals surface area contributed by atoms with E-state index < -0.39 is 24.3 Å². The molecular weight excluding hydrogens is 577 g/mol. The van der Waals surface area contributed by atoms with Gasteiger partial charge in [-0.25, -0.2) is 4.98 Å². The Kier molecular flexibility index (Phi) is 7.66. The lowest BCUT2D eigenvalue weighted by Gasteiger charge is -2.39. The van der Waals surface area contributed by atoms with Crippen LogP contribution in [0.25, 0.3) is 22.0 Å². The lowest BCUT2D eigenvalue weighted by atomic mass is 9.76. The Labute approximate surface area is 251 Å². The highest BCUT2D eigenvalue weighted by atomic mass is 19.4. The van der Waals surface area contributed by atoms with Gasteiger partial charge in [0.1, 0.15) is 11.9 Å². The van der Waals surface area contributed by atoms with Crippen molar-refractivity contribution in [1.82, 2.24) is 20.3 Å². The predicted molar refractivity (Wildman–Crippen MR) is 158 cm³/mol. The fourth-order valence-electron chi connectivity index (χ4n) is 6.03. The first-order chi connectivity index (χ1) is 21.0. The molecule has 2 aromatic carbocycles. The van der Waals surface area contributed by atoms with E-state index in [2.05, 4.69) is 20.3 Å². The smallest absolute Gasteiger partial charge is 0.429 e. The van der Waals surface area contributed by atoms with Gasteiger partial charge in [-0.3, -0.25) is 4.79 Å². The van der Waals surface area contributed by atoms with Crippen LogP contribution in [-0.4, -0.2) is 65.0 Å². The minimum Gasteiger partial charge on any atom is -0.481 e. The summed E-state index contributed by atoms with van der Waals surface area (Å²) in [6.45, 7) is 1.70. The highest BCUT2D eigenvalue weighted by Gasteiger charge is 2.45. The first-order valence-corrected chi connectivity index (χ1v) is 14.2. The Balaban J connectivity index is 1.19. The second kappa shape index (κ2) is 11.5. The number of fused-ring (bicyclic) bond motifs is 1. The first kappa shape index (κ1) is 29.4. The number of hydrogen-bond acceptors (Lipinski definition) is 9. The SMILES string of the molecule is COc1ccc2cc(-c3ccc([C@@H](Oc4cc(N5CCC6(CC5)CN[C@H](C(=O)O)C6)nc(N)n4)C(F)(F)F)cc3)ccc2n1. The number of anilines is 2. The fourth-order valence-corrected chi connectivity index (χ4v) is 6.03. The molecule has 0 saturated carbocycles. The maximum atomic E-state index is 14.3. The van der Waals surface area contributed by atoms with E-state index in [4.69, 9.17) is 15.2 Å². The maximum absolute atomic E-state index is 14.3. The zero-order valence-electron chi connectivity index (χ0n) is 23.8. The van der Waals surface area contributed by atoms with Gasteiger partial charge in [-0.15, -0.1) is 0 Å². The van der Waals surface area contributed by atoms with E-state index >= 15 is 0 Å². The number of alkyl halides is 3. The Bertz CT molecular complexity index is 1680. The van der Waals surface area contributed by atoms with E-state index in [9.17, 15) is 23.1 Å². The summed E-state index contributed by atoms with van der Waals surface area (Å²) in [6.07, 6.45) is -5.06. The maximum Gasteiger partial charge on any atom is 0.429 e. The quantitative estimate of drug-likeness (QED) is 0.263. The molecule has 0 radical (unpaired) electrons. The van der Waals surface area contributed by atoms with Crippen LogP contribution >= 0.6 is 0 Å². The number of pyridine rings is 1. The summed E-state index contributed by atoms with van der Waals surface area (Å²) >= 11 is 0. The van der Waals surface area contributed by atoms with Crippen LogP contribution in [0.1, 0.15) is 30.9 Å². The van der Waals surface area contributed by atoms with Crippen LogP contribution in [0.2, 0.25) is 0 Å². The van der Waals surface area contributed by atoms with Gasteiger partial charge in [0.25, 0.3) is 0 Å². The Hall–Kier alpha value is -4.65. The number of nitrogens with one attached hydrogen (secondary N) is 1. The van der Waals surface area contributed by atoms with Gasteiger partial charge in [0.2, 0.25) is 23.8 Å². The van der Waals surface area contributed by atoms with Crippen molar-refractivity contribution < 1.29 is 32.5 Å². The Morgan fingerprint density at radius 3 is 2.41 bits per heavy atom. The molecule has 0 aliphatic carbocycles. The van der Waals surface area contributed by atoms with Crippen molar-refractivity contribution in [1.29, 1.82) is 0 Å². The van der Waals surface area contributed by atoms with Crippen LogP contribution < -0.4 is 25.4 Å². The van der Waals surface area contributed by atoms with Gasteiger partial charge in [-0.1, -0.05) is 30.3 Å². The van der Waals surface area contributed by atoms with Crippen molar-refractivity contribution in [2.75, 3.05) is 37.4 Å². The monoisotopic (exact) mass is 608 g/mol. The molecule has 10 nitrogen and oxygen atoms in total. The van der Waals surface area contributed by atoms with Crippen LogP contribution in [0.5, 0.6) is 11.8 Å². The lowest BCUT2D eigenvalue weighted by molar-refractivity contribution is -0.198. The molecule has 4 N–H and O–H groups in total. The highest BCUT2D eigenvalue weighted by molar-refractivity contribution is 5.85. The molecule has 2 aromatic heterocycles. The molecule has 0 unspecified atom stereocenters. The Morgan fingerprint density at radius 1 is 1.02 bits per heavy atom. The van der Waals surface area contributed by atoms with Crippen LogP contribution in [0.4, 0.5) is 24.9 Å². The van der Waals surface area contributed by atoms with Crippen molar-refractivity contribution >= 4 is 28.6 Å². The summed E-state index contributed by atoms with van der Waals surface area (Å²) in [7, 11) is 1.54. The number of carboxylic acid groups (broad SMARTS) is 1. The number of ether oxygens (including phenoxy) is 2. The number of nitrogen functional groups attached to an aromatic ring is 1. The summed E-state index contributed by atoms with van der Waals surface area (Å²) in [5.41, 5.74) is 7.97. The van der Waals surface area contributed by atoms with Crippen molar-refractivity contribution in [2.24, 2.45) is 5.41 Å². The molecule has 6 rings (SSSR count). The zero-order valence-corrected chi connectivity index (χ0v) is 23.8. The number of aliphatic carboxylic acids is 1. The summed E-state index contributed by atoms with van der Waals surface area (Å²) in [6, 6.07) is 16.0. The van der Waals surface area contributed by atoms with Crippen molar-refractivity contribution in [2.45, 2.75) is 37.6 Å². The molecule has 230 valence electrons. The molecular formula is C31H31F3N6O4. The lowest BCUT2D eigenvalue weighted by Crippen LogP contribution is -2.41. The predicted octanol–water partition coefficient (Wildman–Crippen LogP) is 5.00. The molecule has 2 aliphatic rings. The standard InChI is InChI=1S/C31H31F3N6O4/c1-43-25-9-7-21-14-20(6-8-22(21)37-25)18-2-4-19(5-3-18)27(31(32,33)34)44-26-15-24(38-29(35)39-26)40-12-10-30(11-13-40)16-23(28(41)42)36-17-30/h2-9,14-15,23,27,36H,10-13,16-17H2,1H3,(H,41,42)(H2,35,38,39)/t23-,27+/m0/s1. The molecule has 4 heterocycles. The summed E-state index contributed by atoms with van der Waals surface area (Å²) in [5, 5.41) is 13.3. The summed E-state index contributed by atoms with van der Waals surface area (Å²) < 4.78 is 53.5. The molecule has 2 fully saturated rings. The largest absolute Gasteiger partial charge is 0.481 e. The summed E-state index contributed by atoms with van der Waals surface area (Å²) in [4.78, 5) is 25.9. The molecule has 4 aromatic rings. The number of piperidine rings is 1. The number of hydrogen-bond donors (Lipinski definition) is 3. The van der Waals surface area contributed by atoms with Crippen LogP contribution in [-0.2, 0) is 4.79 Å². The van der Waals surface area contributed by atoms with Gasteiger partial charge in [0, 0.05) is 42.7 Å². The van der Waals surface area contributed by atoms with Gasteiger partial charge in [0.15, 0.2) is 0 Å². The fraction of sp³-hybridized carbons (Fsp3) is 0.355. The third-order valence-corrected chi connectivity index (χ3v) is 8.47. The van der Waals surface area contributed by atoms with Crippen LogP contribution in [0, 0.1) is 5.41 Å². The Morgan fingerprint density at radius 2 is 1.75 bits per heavy atom. The average molecular weight is 609 g/mol. The molecule has 1 spiro atoms. The number of methoxy groups -OCH3 is 1. The third-order valence-electron chi connectivity index (χ3n) is 8.47. The number of carboxylic acids is 1. The molecule has 13 heteroatoms. The third kappa shape index (κ3) is 6.05. The molecule has 44 heavy (non-hydrogen) atoms. The molecule has 2 aliphatic heterocycles. The number of nitrogens with two attached hydrogens (primary N) is 1. The first-order valence-electron chi connectivity index (χ1n) is 14.2. The van der Waals surface area contributed by atoms with E-state index in [1.54, 1.807) is 25.3 Å². The van der Waals surface area contributed by atoms with Crippen molar-refractivity contribution in [3.63, 3.8) is 0 Å². The number of rotatable bonds is 7. The van der Waals surface area contributed by atoms with E-state index in [-0.39, 0.29) is 22.8 Å². The number of nitrogens with zero attached hydrogens (tertiary/aromatic N) is 4. The zero-order chi connectivity index (χ0) is 31.1. The minimum atomic E-state index is -4.73. The second-order valence-corrected chi connectivity index (χ2v) is 11.3. The highest BCUT2D eigenvalue weighted by Crippen LogP contribution is 2.41. The molecule has 0 bridgehead atoms. The molecule has 0 amide bonds. The van der Waals surface area contributed by atoms with Crippen LogP contribution in [0.3, 0.4) is 0 Å². The van der Waals surface area contributed by atoms with Gasteiger partial charge in [-0.2, -0.15) is 23.1 Å². The van der Waals surface area contributed by atoms with E-state index in [1.807, 2.05) is 29.2 Å². The van der Waals surface area contributed by atoms with Gasteiger partial charge in [-0.05, 0) is 54.0 Å². The van der Waals surface area contributed by atoms with Gasteiger partial charge < -0.3 is 30.5 Å². The molecule has 2 saturated heterocycles. The average Bonchev–Trinajstić information content (AvgIpc) is 3.42. The van der Waals surface area contributed by atoms with Gasteiger partial charge in [0.05, 0.1) is 12.6 Å². The van der Waals surface area contributed by atoms with E-state index in [1.165, 1.54) is 18.2 Å². The molecule has 2 atom stereocenters. The van der Waals surface area contributed by atoms with Crippen LogP contribution in [0.15, 0.2) is 60.7 Å². The number of halogens is 3. The number of benzene rings is 2.